The van der Waals surface area contributed by atoms with Crippen molar-refractivity contribution >= 4 is 39.9 Å². The van der Waals surface area contributed by atoms with Gasteiger partial charge in [0.1, 0.15) is 6.54 Å². The van der Waals surface area contributed by atoms with Crippen LogP contribution in [0.4, 0.5) is 11.4 Å². The zero-order chi connectivity index (χ0) is 14.7. The summed E-state index contributed by atoms with van der Waals surface area (Å²) in [6.45, 7) is 1.80. The normalized spacial score (nSPS) is 10.3. The number of hydrogen-bond acceptors (Lipinski definition) is 4. The molecule has 0 saturated heterocycles. The van der Waals surface area contributed by atoms with E-state index in [0.29, 0.717) is 14.9 Å². The van der Waals surface area contributed by atoms with Crippen LogP contribution in [0.3, 0.4) is 0 Å². The number of nitrogens with zero attached hydrogens (tertiary/aromatic N) is 2. The Morgan fingerprint density at radius 2 is 2.25 bits per heavy atom. The number of amides is 1. The van der Waals surface area contributed by atoms with Crippen molar-refractivity contribution in [3.63, 3.8) is 0 Å². The molecule has 0 unspecified atom stereocenters. The molecule has 1 aromatic heterocycles. The number of nitrogens with one attached hydrogen (secondary N) is 1. The van der Waals surface area contributed by atoms with Crippen LogP contribution in [0.2, 0.25) is 0 Å². The lowest BCUT2D eigenvalue weighted by atomic mass is 10.2. The van der Waals surface area contributed by atoms with Gasteiger partial charge in [0.25, 0.3) is 5.56 Å². The van der Waals surface area contributed by atoms with Gasteiger partial charge in [0.15, 0.2) is 0 Å². The van der Waals surface area contributed by atoms with Gasteiger partial charge in [-0.1, -0.05) is 6.07 Å². The molecule has 0 aliphatic carbocycles. The van der Waals surface area contributed by atoms with E-state index in [1.165, 1.54) is 17.1 Å². The Morgan fingerprint density at radius 3 is 2.95 bits per heavy atom. The van der Waals surface area contributed by atoms with Crippen molar-refractivity contribution in [2.45, 2.75) is 13.5 Å². The van der Waals surface area contributed by atoms with Crippen molar-refractivity contribution in [1.82, 2.24) is 9.55 Å². The number of hydrogen-bond donors (Lipinski definition) is 2. The summed E-state index contributed by atoms with van der Waals surface area (Å²) in [4.78, 5) is 27.6. The summed E-state index contributed by atoms with van der Waals surface area (Å²) < 4.78 is 1.73. The lowest BCUT2D eigenvalue weighted by Gasteiger charge is -2.08. The number of aromatic nitrogens is 2. The van der Waals surface area contributed by atoms with Crippen molar-refractivity contribution in [3.05, 3.63) is 50.2 Å². The van der Waals surface area contributed by atoms with E-state index in [1.807, 2.05) is 35.6 Å². The Labute approximate surface area is 129 Å². The van der Waals surface area contributed by atoms with Crippen LogP contribution >= 0.6 is 22.6 Å². The molecule has 7 heteroatoms. The van der Waals surface area contributed by atoms with E-state index in [2.05, 4.69) is 10.3 Å². The minimum atomic E-state index is -0.306. The second-order valence-electron chi connectivity index (χ2n) is 4.29. The van der Waals surface area contributed by atoms with Crippen LogP contribution in [-0.4, -0.2) is 15.5 Å². The van der Waals surface area contributed by atoms with Crippen molar-refractivity contribution in [2.24, 2.45) is 0 Å². The molecule has 0 spiro atoms. The van der Waals surface area contributed by atoms with Crippen LogP contribution in [0.1, 0.15) is 5.56 Å². The van der Waals surface area contributed by atoms with Crippen molar-refractivity contribution in [2.75, 3.05) is 11.1 Å². The summed E-state index contributed by atoms with van der Waals surface area (Å²) >= 11 is 1.88. The molecule has 2 aromatic rings. The van der Waals surface area contributed by atoms with Crippen LogP contribution in [0.15, 0.2) is 35.5 Å². The van der Waals surface area contributed by atoms with Gasteiger partial charge in [0, 0.05) is 17.6 Å². The maximum absolute atomic E-state index is 11.9. The molecule has 0 bridgehead atoms. The Bertz CT molecular complexity index is 712. The molecule has 6 nitrogen and oxygen atoms in total. The second-order valence-corrected chi connectivity index (χ2v) is 5.46. The fourth-order valence-electron chi connectivity index (χ4n) is 1.61. The number of rotatable bonds is 3. The van der Waals surface area contributed by atoms with Gasteiger partial charge in [-0.2, -0.15) is 0 Å². The molecule has 0 atom stereocenters. The lowest BCUT2D eigenvalue weighted by Crippen LogP contribution is -2.29. The summed E-state index contributed by atoms with van der Waals surface area (Å²) in [5, 5.41) is 2.70. The number of anilines is 2. The highest BCUT2D eigenvalue weighted by Gasteiger charge is 2.07. The van der Waals surface area contributed by atoms with E-state index >= 15 is 0 Å². The molecule has 3 N–H and O–H groups in total. The summed E-state index contributed by atoms with van der Waals surface area (Å²) in [6.07, 6.45) is 2.80. The van der Waals surface area contributed by atoms with Gasteiger partial charge < -0.3 is 11.1 Å². The molecule has 0 aliphatic rings. The molecule has 0 fully saturated rings. The quantitative estimate of drug-likeness (QED) is 0.618. The number of nitrogen functional groups attached to an aromatic ring is 1. The number of nitrogens with two attached hydrogens (primary N) is 1. The Morgan fingerprint density at radius 1 is 1.50 bits per heavy atom. The van der Waals surface area contributed by atoms with E-state index < -0.39 is 0 Å². The molecular formula is C13H13IN4O2. The van der Waals surface area contributed by atoms with Gasteiger partial charge in [-0.15, -0.1) is 0 Å². The molecule has 1 amide bonds. The minimum absolute atomic E-state index is 0.0868. The first kappa shape index (κ1) is 14.5. The monoisotopic (exact) mass is 384 g/mol. The Hall–Kier alpha value is -1.90. The van der Waals surface area contributed by atoms with Gasteiger partial charge in [0.2, 0.25) is 5.91 Å². The smallest absolute Gasteiger partial charge is 0.267 e. The van der Waals surface area contributed by atoms with Crippen LogP contribution in [0, 0.1) is 10.5 Å². The standard InChI is InChI=1S/C13H13IN4O2/c1-8-2-3-9(4-11(8)15)17-12(19)6-18-7-16-5-10(14)13(18)20/h2-5,7H,6,15H2,1H3,(H,17,19). The molecule has 2 rings (SSSR count). The molecule has 0 saturated carbocycles. The van der Waals surface area contributed by atoms with E-state index in [1.54, 1.807) is 12.1 Å². The highest BCUT2D eigenvalue weighted by atomic mass is 127. The van der Waals surface area contributed by atoms with E-state index in [-0.39, 0.29) is 18.0 Å². The zero-order valence-electron chi connectivity index (χ0n) is 10.8. The van der Waals surface area contributed by atoms with Crippen LogP contribution in [-0.2, 0) is 11.3 Å². The van der Waals surface area contributed by atoms with Crippen molar-refractivity contribution < 1.29 is 4.79 Å². The fourth-order valence-corrected chi connectivity index (χ4v) is 2.08. The first-order valence-corrected chi connectivity index (χ1v) is 6.91. The minimum Gasteiger partial charge on any atom is -0.398 e. The molecule has 104 valence electrons. The maximum Gasteiger partial charge on any atom is 0.267 e. The largest absolute Gasteiger partial charge is 0.398 e. The van der Waals surface area contributed by atoms with Crippen LogP contribution in [0.5, 0.6) is 0 Å². The van der Waals surface area contributed by atoms with Gasteiger partial charge in [-0.3, -0.25) is 14.2 Å². The maximum atomic E-state index is 11.9. The molecule has 20 heavy (non-hydrogen) atoms. The van der Waals surface area contributed by atoms with E-state index in [9.17, 15) is 9.59 Å². The zero-order valence-corrected chi connectivity index (χ0v) is 12.9. The van der Waals surface area contributed by atoms with E-state index in [4.69, 9.17) is 5.73 Å². The number of halogens is 1. The molecule has 0 aliphatic heterocycles. The fraction of sp³-hybridized carbons (Fsp3) is 0.154. The first-order valence-electron chi connectivity index (χ1n) is 5.83. The average molecular weight is 384 g/mol. The molecular weight excluding hydrogens is 371 g/mol. The molecule has 1 aromatic carbocycles. The summed E-state index contributed by atoms with van der Waals surface area (Å²) in [7, 11) is 0. The predicted octanol–water partition coefficient (Wildman–Crippen LogP) is 1.38. The van der Waals surface area contributed by atoms with E-state index in [0.717, 1.165) is 5.56 Å². The lowest BCUT2D eigenvalue weighted by molar-refractivity contribution is -0.116. The topological polar surface area (TPSA) is 90.0 Å². The first-order chi connectivity index (χ1) is 9.47. The Kier molecular flexibility index (Phi) is 4.38. The Balaban J connectivity index is 2.11. The second kappa shape index (κ2) is 6.04. The highest BCUT2D eigenvalue weighted by molar-refractivity contribution is 14.1. The van der Waals surface area contributed by atoms with Gasteiger partial charge in [0.05, 0.1) is 9.90 Å². The van der Waals surface area contributed by atoms with Gasteiger partial charge in [-0.05, 0) is 47.2 Å². The van der Waals surface area contributed by atoms with Crippen molar-refractivity contribution in [1.29, 1.82) is 0 Å². The summed E-state index contributed by atoms with van der Waals surface area (Å²) in [5.41, 5.74) is 7.69. The van der Waals surface area contributed by atoms with Crippen molar-refractivity contribution in [3.8, 4) is 0 Å². The van der Waals surface area contributed by atoms with Crippen LogP contribution in [0.25, 0.3) is 0 Å². The predicted molar refractivity (Wildman–Crippen MR) is 85.4 cm³/mol. The summed E-state index contributed by atoms with van der Waals surface area (Å²) in [5.74, 6) is -0.306. The van der Waals surface area contributed by atoms with Gasteiger partial charge in [-0.25, -0.2) is 4.98 Å². The SMILES string of the molecule is Cc1ccc(NC(=O)Cn2cncc(I)c2=O)cc1N. The average Bonchev–Trinajstić information content (AvgIpc) is 2.39. The highest BCUT2D eigenvalue weighted by Crippen LogP contribution is 2.16. The number of aryl methyl sites for hydroxylation is 1. The molecule has 0 radical (unpaired) electrons. The van der Waals surface area contributed by atoms with Crippen LogP contribution < -0.4 is 16.6 Å². The third-order valence-corrected chi connectivity index (χ3v) is 3.48. The summed E-state index contributed by atoms with van der Waals surface area (Å²) in [6, 6.07) is 5.27. The third-order valence-electron chi connectivity index (χ3n) is 2.74. The molecule has 1 heterocycles. The number of carbonyl (C=O) groups is 1. The number of carbonyl (C=O) groups excluding carboxylic acids is 1. The number of benzene rings is 1. The third kappa shape index (κ3) is 3.35. The van der Waals surface area contributed by atoms with Gasteiger partial charge >= 0.3 is 0 Å².